The average Bonchev–Trinajstić information content (AvgIpc) is 3.09. The molecule has 138 valence electrons. The Hall–Kier alpha value is -2.38. The van der Waals surface area contributed by atoms with Crippen LogP contribution in [-0.4, -0.2) is 17.2 Å². The van der Waals surface area contributed by atoms with Crippen LogP contribution in [0.1, 0.15) is 32.3 Å². The zero-order valence-corrected chi connectivity index (χ0v) is 17.0. The van der Waals surface area contributed by atoms with Gasteiger partial charge in [-0.25, -0.2) is 4.98 Å². The van der Waals surface area contributed by atoms with Crippen molar-refractivity contribution in [3.05, 3.63) is 72.4 Å². The van der Waals surface area contributed by atoms with E-state index in [9.17, 15) is 0 Å². The monoisotopic (exact) mass is 377 g/mol. The number of fused-ring (bicyclic) bond motifs is 1. The highest BCUT2D eigenvalue weighted by Crippen LogP contribution is 2.66. The number of hydrogen-bond donors (Lipinski definition) is 0. The highest BCUT2D eigenvalue weighted by molar-refractivity contribution is 7.68. The Bertz CT molecular complexity index is 950. The summed E-state index contributed by atoms with van der Waals surface area (Å²) in [6.45, 7) is 6.83. The van der Waals surface area contributed by atoms with Crippen molar-refractivity contribution in [1.29, 1.82) is 0 Å². The molecule has 0 bridgehead atoms. The van der Waals surface area contributed by atoms with Crippen LogP contribution in [0.2, 0.25) is 0 Å². The van der Waals surface area contributed by atoms with Crippen LogP contribution in [0.15, 0.2) is 66.7 Å². The molecule has 4 rings (SSSR count). The quantitative estimate of drug-likeness (QED) is 0.544. The van der Waals surface area contributed by atoms with Crippen LogP contribution in [0.3, 0.4) is 0 Å². The second-order valence-corrected chi connectivity index (χ2v) is 10.6. The van der Waals surface area contributed by atoms with Crippen LogP contribution in [0.25, 0.3) is 11.3 Å². The molecule has 4 heteroatoms. The van der Waals surface area contributed by atoms with Crippen molar-refractivity contribution in [2.24, 2.45) is 0 Å². The summed E-state index contributed by atoms with van der Waals surface area (Å²) in [7, 11) is 1.07. The first-order valence-corrected chi connectivity index (χ1v) is 10.6. The molecule has 2 atom stereocenters. The largest absolute Gasteiger partial charge is 0.496 e. The van der Waals surface area contributed by atoms with E-state index >= 15 is 0 Å². The SMILES string of the molecule is COc1cccc2c1[P@@](C(C)(C)C)[C@H](c1cccc(-c3ccccc3)n1)O2. The molecule has 1 aliphatic rings. The van der Waals surface area contributed by atoms with Gasteiger partial charge in [0.1, 0.15) is 11.5 Å². The molecule has 3 aromatic rings. The summed E-state index contributed by atoms with van der Waals surface area (Å²) in [6, 6.07) is 22.6. The van der Waals surface area contributed by atoms with Gasteiger partial charge < -0.3 is 9.47 Å². The lowest BCUT2D eigenvalue weighted by Gasteiger charge is -2.32. The van der Waals surface area contributed by atoms with E-state index in [1.165, 1.54) is 5.30 Å². The summed E-state index contributed by atoms with van der Waals surface area (Å²) in [5.74, 6) is 1.76. The number of methoxy groups -OCH3 is 1. The number of hydrogen-bond acceptors (Lipinski definition) is 3. The molecule has 0 fully saturated rings. The van der Waals surface area contributed by atoms with Gasteiger partial charge in [0.2, 0.25) is 0 Å². The zero-order valence-electron chi connectivity index (χ0n) is 16.1. The normalized spacial score (nSPS) is 18.7. The fourth-order valence-electron chi connectivity index (χ4n) is 3.53. The van der Waals surface area contributed by atoms with Crippen molar-refractivity contribution in [2.75, 3.05) is 7.11 Å². The summed E-state index contributed by atoms with van der Waals surface area (Å²) < 4.78 is 12.1. The lowest BCUT2D eigenvalue weighted by Crippen LogP contribution is -2.21. The number of aromatic nitrogens is 1. The third-order valence-electron chi connectivity index (χ3n) is 4.71. The third-order valence-corrected chi connectivity index (χ3v) is 7.92. The zero-order chi connectivity index (χ0) is 19.0. The number of nitrogens with zero attached hydrogens (tertiary/aromatic N) is 1. The van der Waals surface area contributed by atoms with E-state index in [1.54, 1.807) is 7.11 Å². The van der Waals surface area contributed by atoms with Crippen LogP contribution in [-0.2, 0) is 0 Å². The Morgan fingerprint density at radius 1 is 0.926 bits per heavy atom. The molecule has 2 aromatic carbocycles. The van der Waals surface area contributed by atoms with E-state index in [1.807, 2.05) is 36.4 Å². The second-order valence-electron chi connectivity index (χ2n) is 7.63. The highest BCUT2D eigenvalue weighted by atomic mass is 31.1. The maximum Gasteiger partial charge on any atom is 0.163 e. The Balaban J connectivity index is 1.80. The highest BCUT2D eigenvalue weighted by Gasteiger charge is 2.45. The molecule has 0 N–H and O–H groups in total. The van der Waals surface area contributed by atoms with Gasteiger partial charge in [-0.2, -0.15) is 0 Å². The summed E-state index contributed by atoms with van der Waals surface area (Å²) in [6.07, 6.45) is 0. The van der Waals surface area contributed by atoms with Gasteiger partial charge in [-0.05, 0) is 37.3 Å². The molecule has 0 aliphatic carbocycles. The fraction of sp³-hybridized carbons (Fsp3) is 0.261. The Kier molecular flexibility index (Phi) is 4.65. The third kappa shape index (κ3) is 3.33. The van der Waals surface area contributed by atoms with E-state index < -0.39 is 7.92 Å². The number of rotatable bonds is 3. The number of benzene rings is 2. The smallest absolute Gasteiger partial charge is 0.163 e. The van der Waals surface area contributed by atoms with Crippen molar-refractivity contribution in [1.82, 2.24) is 4.98 Å². The maximum absolute atomic E-state index is 6.45. The van der Waals surface area contributed by atoms with E-state index in [2.05, 4.69) is 51.1 Å². The van der Waals surface area contributed by atoms with Gasteiger partial charge in [0.25, 0.3) is 0 Å². The second kappa shape index (κ2) is 6.98. The minimum absolute atomic E-state index is 0.0598. The molecular weight excluding hydrogens is 353 g/mol. The average molecular weight is 377 g/mol. The van der Waals surface area contributed by atoms with Crippen LogP contribution < -0.4 is 14.8 Å². The van der Waals surface area contributed by atoms with Gasteiger partial charge in [0.05, 0.1) is 23.8 Å². The summed E-state index contributed by atoms with van der Waals surface area (Å²) in [5.41, 5.74) is 3.08. The van der Waals surface area contributed by atoms with Gasteiger partial charge >= 0.3 is 0 Å². The Morgan fingerprint density at radius 3 is 2.37 bits per heavy atom. The molecule has 3 nitrogen and oxygen atoms in total. The van der Waals surface area contributed by atoms with Crippen molar-refractivity contribution >= 4 is 13.2 Å². The lowest BCUT2D eigenvalue weighted by molar-refractivity contribution is 0.294. The van der Waals surface area contributed by atoms with E-state index in [0.29, 0.717) is 0 Å². The predicted octanol–water partition coefficient (Wildman–Crippen LogP) is 5.75. The molecular formula is C23H24NO2P. The molecule has 0 amide bonds. The molecule has 0 saturated heterocycles. The minimum Gasteiger partial charge on any atom is -0.496 e. The van der Waals surface area contributed by atoms with Crippen molar-refractivity contribution in [2.45, 2.75) is 31.8 Å². The van der Waals surface area contributed by atoms with Crippen LogP contribution in [0, 0.1) is 0 Å². The van der Waals surface area contributed by atoms with Crippen LogP contribution in [0.5, 0.6) is 11.5 Å². The van der Waals surface area contributed by atoms with Gasteiger partial charge in [-0.15, -0.1) is 0 Å². The van der Waals surface area contributed by atoms with Gasteiger partial charge in [-0.3, -0.25) is 0 Å². The minimum atomic E-state index is -0.659. The van der Waals surface area contributed by atoms with Gasteiger partial charge in [-0.1, -0.05) is 63.2 Å². The summed E-state index contributed by atoms with van der Waals surface area (Å²) >= 11 is 0. The molecule has 0 unspecified atom stereocenters. The van der Waals surface area contributed by atoms with Crippen molar-refractivity contribution in [3.63, 3.8) is 0 Å². The summed E-state index contributed by atoms with van der Waals surface area (Å²) in [5, 5.41) is 1.27. The maximum atomic E-state index is 6.45. The Labute approximate surface area is 162 Å². The fourth-order valence-corrected chi connectivity index (χ4v) is 6.53. The van der Waals surface area contributed by atoms with Crippen molar-refractivity contribution < 1.29 is 9.47 Å². The van der Waals surface area contributed by atoms with E-state index in [-0.39, 0.29) is 11.0 Å². The molecule has 1 aromatic heterocycles. The van der Waals surface area contributed by atoms with E-state index in [4.69, 9.17) is 14.5 Å². The molecule has 27 heavy (non-hydrogen) atoms. The molecule has 1 aliphatic heterocycles. The van der Waals surface area contributed by atoms with Crippen LogP contribution >= 0.6 is 7.92 Å². The van der Waals surface area contributed by atoms with Gasteiger partial charge in [0.15, 0.2) is 5.85 Å². The molecule has 0 radical (unpaired) electrons. The lowest BCUT2D eigenvalue weighted by atomic mass is 10.1. The predicted molar refractivity (Wildman–Crippen MR) is 112 cm³/mol. The molecule has 0 spiro atoms. The number of pyridine rings is 1. The van der Waals surface area contributed by atoms with Crippen molar-refractivity contribution in [3.8, 4) is 22.8 Å². The number of ether oxygens (including phenoxy) is 2. The Morgan fingerprint density at radius 2 is 1.67 bits per heavy atom. The topological polar surface area (TPSA) is 31.4 Å². The first-order valence-electron chi connectivity index (χ1n) is 9.14. The van der Waals surface area contributed by atoms with Crippen LogP contribution in [0.4, 0.5) is 0 Å². The molecule has 2 heterocycles. The van der Waals surface area contributed by atoms with E-state index in [0.717, 1.165) is 28.5 Å². The first kappa shape index (κ1) is 18.0. The summed E-state index contributed by atoms with van der Waals surface area (Å²) in [4.78, 5) is 4.98. The standard InChI is InChI=1S/C23H24NO2P/c1-23(2,3)27-21-19(25-4)14-9-15-20(21)26-22(27)18-13-8-12-17(24-18)16-10-6-5-7-11-16/h5-15,22H,1-4H3/t22-,27-/m1/s1. The first-order chi connectivity index (χ1) is 13.0. The van der Waals surface area contributed by atoms with Gasteiger partial charge in [0, 0.05) is 5.56 Å². The molecule has 0 saturated carbocycles.